The molecular weight excluding hydrogens is 324 g/mol. The first kappa shape index (κ1) is 18.4. The lowest BCUT2D eigenvalue weighted by Gasteiger charge is -2.19. The largest absolute Gasteiger partial charge is 0.488 e. The molecule has 0 spiro atoms. The number of hydrogen-bond donors (Lipinski definition) is 0. The van der Waals surface area contributed by atoms with Crippen molar-refractivity contribution in [3.05, 3.63) is 64.2 Å². The minimum Gasteiger partial charge on any atom is -0.488 e. The Morgan fingerprint density at radius 1 is 1.04 bits per heavy atom. The molecule has 0 saturated heterocycles. The van der Waals surface area contributed by atoms with Crippen LogP contribution in [0.5, 0.6) is 5.75 Å². The van der Waals surface area contributed by atoms with Gasteiger partial charge >= 0.3 is 0 Å². The first-order valence-corrected chi connectivity index (χ1v) is 9.29. The van der Waals surface area contributed by atoms with E-state index >= 15 is 0 Å². The van der Waals surface area contributed by atoms with Gasteiger partial charge in [-0.05, 0) is 74.3 Å². The predicted octanol–water partition coefficient (Wildman–Crippen LogP) is 4.40. The molecule has 3 heteroatoms. The van der Waals surface area contributed by atoms with Crippen LogP contribution >= 0.6 is 0 Å². The molecule has 2 aromatic rings. The fourth-order valence-electron chi connectivity index (χ4n) is 3.91. The fraction of sp³-hybridized carbons (Fsp3) is 0.391. The van der Waals surface area contributed by atoms with Gasteiger partial charge in [0, 0.05) is 0 Å². The van der Waals surface area contributed by atoms with Crippen LogP contribution < -0.4 is 4.74 Å². The van der Waals surface area contributed by atoms with E-state index in [1.165, 1.54) is 25.0 Å². The number of fused-ring (bicyclic) bond motifs is 1. The molecule has 0 aromatic heterocycles. The Hall–Kier alpha value is -2.42. The number of carbonyl (C=O) groups is 2. The lowest BCUT2D eigenvalue weighted by Crippen LogP contribution is -2.22. The quantitative estimate of drug-likeness (QED) is 0.695. The Balaban J connectivity index is 1.88. The Bertz CT molecular complexity index is 807. The molecule has 0 bridgehead atoms. The molecule has 1 aliphatic rings. The maximum Gasteiger partial charge on any atom is 0.140 e. The highest BCUT2D eigenvalue weighted by atomic mass is 16.5. The summed E-state index contributed by atoms with van der Waals surface area (Å²) in [6, 6.07) is 12.3. The third-order valence-electron chi connectivity index (χ3n) is 5.26. The zero-order valence-corrected chi connectivity index (χ0v) is 15.8. The maximum atomic E-state index is 11.9. The van der Waals surface area contributed by atoms with Gasteiger partial charge in [-0.15, -0.1) is 0 Å². The standard InChI is InChI=1S/C23H26O3/c1-15-12-19(13-22(16(2)24)17(3)25)20-10-7-11-21(20)23(15)26-14-18-8-5-4-6-9-18/h4-6,8-9,12,22H,7,10-11,13-14H2,1-3H3. The highest BCUT2D eigenvalue weighted by molar-refractivity contribution is 6.00. The number of ketones is 2. The van der Waals surface area contributed by atoms with E-state index in [-0.39, 0.29) is 11.6 Å². The summed E-state index contributed by atoms with van der Waals surface area (Å²) in [6.45, 7) is 5.63. The second kappa shape index (κ2) is 7.86. The summed E-state index contributed by atoms with van der Waals surface area (Å²) in [4.78, 5) is 23.7. The molecule has 0 atom stereocenters. The summed E-state index contributed by atoms with van der Waals surface area (Å²) in [6.07, 6.45) is 3.60. The molecule has 0 heterocycles. The first-order valence-electron chi connectivity index (χ1n) is 9.29. The predicted molar refractivity (Wildman–Crippen MR) is 103 cm³/mol. The number of benzene rings is 2. The molecule has 3 rings (SSSR count). The SMILES string of the molecule is CC(=O)C(Cc1cc(C)c(OCc2ccccc2)c2c1CCC2)C(C)=O. The summed E-state index contributed by atoms with van der Waals surface area (Å²) >= 11 is 0. The van der Waals surface area contributed by atoms with Crippen molar-refractivity contribution in [2.45, 2.75) is 53.1 Å². The molecule has 0 saturated carbocycles. The highest BCUT2D eigenvalue weighted by Gasteiger charge is 2.26. The van der Waals surface area contributed by atoms with E-state index in [1.54, 1.807) is 0 Å². The van der Waals surface area contributed by atoms with Gasteiger partial charge in [-0.25, -0.2) is 0 Å². The van der Waals surface area contributed by atoms with Crippen molar-refractivity contribution in [2.75, 3.05) is 0 Å². The van der Waals surface area contributed by atoms with Crippen LogP contribution in [0.3, 0.4) is 0 Å². The van der Waals surface area contributed by atoms with Crippen molar-refractivity contribution in [1.29, 1.82) is 0 Å². The van der Waals surface area contributed by atoms with Gasteiger partial charge in [0.05, 0.1) is 5.92 Å². The minimum absolute atomic E-state index is 0.0497. The lowest BCUT2D eigenvalue weighted by atomic mass is 9.88. The first-order chi connectivity index (χ1) is 12.5. The number of Topliss-reactive ketones (excluding diaryl/α,β-unsaturated/α-hetero) is 2. The monoisotopic (exact) mass is 350 g/mol. The fourth-order valence-corrected chi connectivity index (χ4v) is 3.91. The molecule has 0 radical (unpaired) electrons. The minimum atomic E-state index is -0.532. The summed E-state index contributed by atoms with van der Waals surface area (Å²) in [5, 5.41) is 0. The van der Waals surface area contributed by atoms with Gasteiger partial charge < -0.3 is 4.74 Å². The van der Waals surface area contributed by atoms with Gasteiger partial charge in [0.15, 0.2) is 0 Å². The number of ether oxygens (including phenoxy) is 1. The van der Waals surface area contributed by atoms with Crippen molar-refractivity contribution in [3.63, 3.8) is 0 Å². The van der Waals surface area contributed by atoms with E-state index in [0.29, 0.717) is 13.0 Å². The Labute approximate surface area is 155 Å². The molecule has 0 N–H and O–H groups in total. The average Bonchev–Trinajstić information content (AvgIpc) is 3.09. The zero-order valence-electron chi connectivity index (χ0n) is 15.8. The molecule has 0 unspecified atom stereocenters. The van der Waals surface area contributed by atoms with Gasteiger partial charge in [-0.1, -0.05) is 36.4 Å². The molecule has 0 fully saturated rings. The van der Waals surface area contributed by atoms with E-state index in [9.17, 15) is 9.59 Å². The van der Waals surface area contributed by atoms with Crippen LogP contribution in [0, 0.1) is 12.8 Å². The van der Waals surface area contributed by atoms with E-state index in [0.717, 1.165) is 41.7 Å². The number of carbonyl (C=O) groups excluding carboxylic acids is 2. The van der Waals surface area contributed by atoms with Crippen LogP contribution in [0.25, 0.3) is 0 Å². The van der Waals surface area contributed by atoms with Gasteiger partial charge in [0.1, 0.15) is 23.9 Å². The zero-order chi connectivity index (χ0) is 18.7. The van der Waals surface area contributed by atoms with Gasteiger partial charge in [0.25, 0.3) is 0 Å². The van der Waals surface area contributed by atoms with Crippen LogP contribution in [0.1, 0.15) is 48.1 Å². The maximum absolute atomic E-state index is 11.9. The van der Waals surface area contributed by atoms with Crippen molar-refractivity contribution < 1.29 is 14.3 Å². The summed E-state index contributed by atoms with van der Waals surface area (Å²) < 4.78 is 6.19. The number of hydrogen-bond acceptors (Lipinski definition) is 3. The van der Waals surface area contributed by atoms with Crippen molar-refractivity contribution in [1.82, 2.24) is 0 Å². The summed E-state index contributed by atoms with van der Waals surface area (Å²) in [5.74, 6) is 0.347. The Morgan fingerprint density at radius 3 is 2.35 bits per heavy atom. The molecule has 0 amide bonds. The average molecular weight is 350 g/mol. The van der Waals surface area contributed by atoms with Gasteiger partial charge in [-0.3, -0.25) is 9.59 Å². The van der Waals surface area contributed by atoms with Crippen LogP contribution in [0.15, 0.2) is 36.4 Å². The van der Waals surface area contributed by atoms with E-state index in [1.807, 2.05) is 18.2 Å². The van der Waals surface area contributed by atoms with E-state index in [4.69, 9.17) is 4.74 Å². The second-order valence-electron chi connectivity index (χ2n) is 7.24. The van der Waals surface area contributed by atoms with Gasteiger partial charge in [0.2, 0.25) is 0 Å². The normalized spacial score (nSPS) is 12.9. The number of aryl methyl sites for hydroxylation is 1. The second-order valence-corrected chi connectivity index (χ2v) is 7.24. The summed E-state index contributed by atoms with van der Waals surface area (Å²) in [5.41, 5.74) is 5.92. The van der Waals surface area contributed by atoms with E-state index < -0.39 is 5.92 Å². The van der Waals surface area contributed by atoms with Crippen LogP contribution in [-0.2, 0) is 35.5 Å². The third kappa shape index (κ3) is 3.87. The lowest BCUT2D eigenvalue weighted by molar-refractivity contribution is -0.130. The molecule has 2 aromatic carbocycles. The molecule has 3 nitrogen and oxygen atoms in total. The van der Waals surface area contributed by atoms with Crippen molar-refractivity contribution in [2.24, 2.45) is 5.92 Å². The highest BCUT2D eigenvalue weighted by Crippen LogP contribution is 2.37. The molecule has 136 valence electrons. The smallest absolute Gasteiger partial charge is 0.140 e. The summed E-state index contributed by atoms with van der Waals surface area (Å²) in [7, 11) is 0. The van der Waals surface area contributed by atoms with Gasteiger partial charge in [-0.2, -0.15) is 0 Å². The molecule has 1 aliphatic carbocycles. The van der Waals surface area contributed by atoms with E-state index in [2.05, 4.69) is 25.1 Å². The Morgan fingerprint density at radius 2 is 1.69 bits per heavy atom. The Kier molecular flexibility index (Phi) is 5.55. The molecule has 0 aliphatic heterocycles. The van der Waals surface area contributed by atoms with Crippen molar-refractivity contribution >= 4 is 11.6 Å². The van der Waals surface area contributed by atoms with Crippen LogP contribution in [-0.4, -0.2) is 11.6 Å². The topological polar surface area (TPSA) is 43.4 Å². The van der Waals surface area contributed by atoms with Crippen molar-refractivity contribution in [3.8, 4) is 5.75 Å². The third-order valence-corrected chi connectivity index (χ3v) is 5.26. The number of rotatable bonds is 7. The molecular formula is C23H26O3. The molecule has 26 heavy (non-hydrogen) atoms. The van der Waals surface area contributed by atoms with Crippen LogP contribution in [0.4, 0.5) is 0 Å². The van der Waals surface area contributed by atoms with Crippen LogP contribution in [0.2, 0.25) is 0 Å².